The normalized spacial score (nSPS) is 8.57. The molecule has 3 heteroatoms. The van der Waals surface area contributed by atoms with Crippen molar-refractivity contribution >= 4 is 0 Å². The van der Waals surface area contributed by atoms with E-state index in [4.69, 9.17) is 5.11 Å². The second kappa shape index (κ2) is 5.06. The van der Waals surface area contributed by atoms with Crippen LogP contribution in [0.25, 0.3) is 0 Å². The van der Waals surface area contributed by atoms with Crippen LogP contribution in [-0.2, 0) is 0 Å². The molecule has 0 bridgehead atoms. The summed E-state index contributed by atoms with van der Waals surface area (Å²) in [5.74, 6) is 0. The summed E-state index contributed by atoms with van der Waals surface area (Å²) in [5.41, 5.74) is -0.500. The topological polar surface area (TPSA) is 51.7 Å². The second-order valence-corrected chi connectivity index (χ2v) is 2.17. The summed E-state index contributed by atoms with van der Waals surface area (Å²) in [6.07, 6.45) is 0. The summed E-state index contributed by atoms with van der Waals surface area (Å²) in [5, 5.41) is 8.52. The van der Waals surface area contributed by atoms with Gasteiger partial charge in [-0.15, -0.1) is 0 Å². The van der Waals surface area contributed by atoms with Crippen LogP contribution in [0.4, 0.5) is 0 Å². The van der Waals surface area contributed by atoms with Gasteiger partial charge < -0.3 is 12.0 Å². The maximum atomic E-state index is 8.52. The van der Waals surface area contributed by atoms with Gasteiger partial charge in [-0.05, 0) is 20.8 Å². The average molecular weight is 116 g/mol. The van der Waals surface area contributed by atoms with Crippen molar-refractivity contribution in [3.63, 3.8) is 0 Å². The van der Waals surface area contributed by atoms with Crippen molar-refractivity contribution in [3.8, 4) is 0 Å². The standard InChI is InChI=1S/C4H10O.Na.H2O.H/c1-4(2,3)5;;;/h5H,1-3H3;;1H2;/q;+1;;-1. The molecule has 0 spiro atoms. The number of rotatable bonds is 0. The van der Waals surface area contributed by atoms with E-state index in [0.717, 1.165) is 0 Å². The number of aliphatic hydroxyl groups is 1. The molecule has 0 saturated heterocycles. The third-order valence-electron chi connectivity index (χ3n) is 0. The molecule has 2 nitrogen and oxygen atoms in total. The van der Waals surface area contributed by atoms with E-state index in [1.54, 1.807) is 20.8 Å². The molecule has 0 rings (SSSR count). The zero-order valence-corrected chi connectivity index (χ0v) is 7.45. The maximum absolute atomic E-state index is 8.52. The van der Waals surface area contributed by atoms with Crippen LogP contribution < -0.4 is 29.6 Å². The van der Waals surface area contributed by atoms with Crippen LogP contribution in [0.3, 0.4) is 0 Å². The van der Waals surface area contributed by atoms with Crippen molar-refractivity contribution in [3.05, 3.63) is 0 Å². The van der Waals surface area contributed by atoms with Crippen molar-refractivity contribution in [1.29, 1.82) is 0 Å². The predicted molar refractivity (Wildman–Crippen MR) is 26.7 cm³/mol. The van der Waals surface area contributed by atoms with Gasteiger partial charge in [-0.2, -0.15) is 0 Å². The van der Waals surface area contributed by atoms with Crippen LogP contribution in [0.2, 0.25) is 0 Å². The van der Waals surface area contributed by atoms with Crippen LogP contribution >= 0.6 is 0 Å². The van der Waals surface area contributed by atoms with E-state index in [1.165, 1.54) is 0 Å². The van der Waals surface area contributed by atoms with E-state index in [-0.39, 0.29) is 36.5 Å². The van der Waals surface area contributed by atoms with Crippen molar-refractivity contribution in [2.24, 2.45) is 0 Å². The van der Waals surface area contributed by atoms with Crippen molar-refractivity contribution in [2.45, 2.75) is 26.4 Å². The van der Waals surface area contributed by atoms with Crippen LogP contribution in [0, 0.1) is 0 Å². The average Bonchev–Trinajstić information content (AvgIpc) is 0.722. The van der Waals surface area contributed by atoms with E-state index >= 15 is 0 Å². The Morgan fingerprint density at radius 2 is 1.29 bits per heavy atom. The summed E-state index contributed by atoms with van der Waals surface area (Å²) >= 11 is 0. The Balaban J connectivity index is -0.0000000267. The van der Waals surface area contributed by atoms with Crippen molar-refractivity contribution in [2.75, 3.05) is 0 Å². The molecule has 0 fully saturated rings. The molecular weight excluding hydrogens is 103 g/mol. The molecule has 0 aromatic carbocycles. The Morgan fingerprint density at radius 3 is 1.29 bits per heavy atom. The molecule has 0 heterocycles. The van der Waals surface area contributed by atoms with Crippen LogP contribution in [0.5, 0.6) is 0 Å². The number of hydrogen-bond donors (Lipinski definition) is 1. The fourth-order valence-electron chi connectivity index (χ4n) is 0. The van der Waals surface area contributed by atoms with Crippen LogP contribution in [0.15, 0.2) is 0 Å². The third kappa shape index (κ3) is 198. The van der Waals surface area contributed by atoms with Crippen LogP contribution in [0.1, 0.15) is 22.2 Å². The van der Waals surface area contributed by atoms with Gasteiger partial charge in [-0.25, -0.2) is 0 Å². The molecule has 0 aromatic rings. The monoisotopic (exact) mass is 116 g/mol. The third-order valence-corrected chi connectivity index (χ3v) is 0. The molecule has 0 atom stereocenters. The molecule has 42 valence electrons. The summed E-state index contributed by atoms with van der Waals surface area (Å²) in [6.45, 7) is 5.23. The molecule has 0 aromatic heterocycles. The van der Waals surface area contributed by atoms with Crippen molar-refractivity contribution < 1.29 is 41.6 Å². The van der Waals surface area contributed by atoms with Gasteiger partial charge in [0.05, 0.1) is 5.60 Å². The first-order valence-corrected chi connectivity index (χ1v) is 1.72. The van der Waals surface area contributed by atoms with E-state index in [0.29, 0.717) is 0 Å². The quantitative estimate of drug-likeness (QED) is 0.338. The van der Waals surface area contributed by atoms with E-state index in [1.807, 2.05) is 0 Å². The molecule has 0 aliphatic carbocycles. The van der Waals surface area contributed by atoms with Gasteiger partial charge in [0.1, 0.15) is 0 Å². The Labute approximate surface area is 68.0 Å². The van der Waals surface area contributed by atoms with Gasteiger partial charge in [0.2, 0.25) is 0 Å². The summed E-state index contributed by atoms with van der Waals surface area (Å²) in [6, 6.07) is 0. The van der Waals surface area contributed by atoms with Crippen LogP contribution in [-0.4, -0.2) is 16.2 Å². The van der Waals surface area contributed by atoms with Gasteiger partial charge >= 0.3 is 29.6 Å². The predicted octanol–water partition coefficient (Wildman–Crippen LogP) is -2.93. The van der Waals surface area contributed by atoms with Gasteiger partial charge in [0, 0.05) is 0 Å². The smallest absolute Gasteiger partial charge is 1.00 e. The summed E-state index contributed by atoms with van der Waals surface area (Å²) in [4.78, 5) is 0. The first-order valence-electron chi connectivity index (χ1n) is 1.72. The molecule has 0 amide bonds. The van der Waals surface area contributed by atoms with Gasteiger partial charge in [-0.3, -0.25) is 0 Å². The van der Waals surface area contributed by atoms with E-state index < -0.39 is 5.60 Å². The first-order chi connectivity index (χ1) is 2.00. The second-order valence-electron chi connectivity index (χ2n) is 2.17. The number of hydrogen-bond acceptors (Lipinski definition) is 1. The summed E-state index contributed by atoms with van der Waals surface area (Å²) in [7, 11) is 0. The minimum atomic E-state index is -0.500. The molecule has 7 heavy (non-hydrogen) atoms. The van der Waals surface area contributed by atoms with Gasteiger partial charge in [0.15, 0.2) is 0 Å². The fourth-order valence-corrected chi connectivity index (χ4v) is 0. The van der Waals surface area contributed by atoms with Crippen molar-refractivity contribution in [1.82, 2.24) is 0 Å². The maximum Gasteiger partial charge on any atom is 1.00 e. The minimum absolute atomic E-state index is 0. The molecule has 0 radical (unpaired) electrons. The zero-order valence-electron chi connectivity index (χ0n) is 6.45. The fraction of sp³-hybridized carbons (Fsp3) is 1.00. The van der Waals surface area contributed by atoms with E-state index in [2.05, 4.69) is 0 Å². The van der Waals surface area contributed by atoms with Gasteiger partial charge in [-0.1, -0.05) is 0 Å². The molecule has 0 aliphatic heterocycles. The molecule has 3 N–H and O–H groups in total. The Hall–Kier alpha value is 0.920. The largest absolute Gasteiger partial charge is 1.00 e. The molecular formula is C4H13NaO2. The van der Waals surface area contributed by atoms with Gasteiger partial charge in [0.25, 0.3) is 0 Å². The SMILES string of the molecule is CC(C)(C)O.O.[H-].[Na+]. The Bertz CT molecular complexity index is 29.5. The Morgan fingerprint density at radius 1 is 1.29 bits per heavy atom. The molecule has 0 saturated carbocycles. The minimum Gasteiger partial charge on any atom is -1.00 e. The summed E-state index contributed by atoms with van der Waals surface area (Å²) < 4.78 is 0. The zero-order chi connectivity index (χ0) is 4.50. The van der Waals surface area contributed by atoms with E-state index in [9.17, 15) is 0 Å². The Kier molecular flexibility index (Phi) is 11.3. The molecule has 0 aliphatic rings. The first kappa shape index (κ1) is 15.7. The molecule has 0 unspecified atom stereocenters.